The summed E-state index contributed by atoms with van der Waals surface area (Å²) in [6, 6.07) is 10.3. The highest BCUT2D eigenvalue weighted by Gasteiger charge is 2.19. The van der Waals surface area contributed by atoms with E-state index in [2.05, 4.69) is 6.07 Å². The molecule has 0 radical (unpaired) electrons. The van der Waals surface area contributed by atoms with Crippen LogP contribution in [0.1, 0.15) is 16.7 Å². The van der Waals surface area contributed by atoms with Crippen molar-refractivity contribution in [1.29, 1.82) is 0 Å². The van der Waals surface area contributed by atoms with E-state index in [1.807, 2.05) is 38.9 Å². The molecule has 2 aromatic carbocycles. The molecule has 0 fully saturated rings. The van der Waals surface area contributed by atoms with E-state index in [-0.39, 0.29) is 24.0 Å². The first-order valence-electron chi connectivity index (χ1n) is 9.52. The highest BCUT2D eigenvalue weighted by molar-refractivity contribution is 7.22. The molecule has 0 atom stereocenters. The number of nitro groups is 1. The van der Waals surface area contributed by atoms with Gasteiger partial charge in [0.15, 0.2) is 5.13 Å². The highest BCUT2D eigenvalue weighted by Crippen LogP contribution is 2.32. The molecule has 0 aliphatic heterocycles. The van der Waals surface area contributed by atoms with Gasteiger partial charge < -0.3 is 4.90 Å². The number of hydrogen-bond acceptors (Lipinski definition) is 6. The molecule has 0 saturated carbocycles. The number of aromatic nitrogens is 1. The Hall–Kier alpha value is -2.81. The fourth-order valence-electron chi connectivity index (χ4n) is 2.93. The van der Waals surface area contributed by atoms with Gasteiger partial charge in [0.25, 0.3) is 11.6 Å². The van der Waals surface area contributed by atoms with Crippen molar-refractivity contribution >= 4 is 56.8 Å². The van der Waals surface area contributed by atoms with Crippen molar-refractivity contribution in [2.75, 3.05) is 32.1 Å². The quantitative estimate of drug-likeness (QED) is 0.286. The first-order valence-corrected chi connectivity index (χ1v) is 10.3. The van der Waals surface area contributed by atoms with Crippen molar-refractivity contribution in [1.82, 2.24) is 9.88 Å². The van der Waals surface area contributed by atoms with E-state index in [1.54, 1.807) is 23.1 Å². The number of fused-ring (bicyclic) bond motifs is 1. The molecule has 3 rings (SSSR count). The molecular formula is C22H25ClN4O3S. The number of carbonyl (C=O) groups excluding carboxylic acids is 1. The Morgan fingerprint density at radius 1 is 1.19 bits per heavy atom. The van der Waals surface area contributed by atoms with Crippen molar-refractivity contribution in [3.05, 3.63) is 69.3 Å². The fourth-order valence-corrected chi connectivity index (χ4v) is 3.99. The van der Waals surface area contributed by atoms with Crippen molar-refractivity contribution in [3.8, 4) is 0 Å². The van der Waals surface area contributed by atoms with Crippen LogP contribution < -0.4 is 4.90 Å². The summed E-state index contributed by atoms with van der Waals surface area (Å²) in [6.45, 7) is 5.26. The van der Waals surface area contributed by atoms with E-state index >= 15 is 0 Å². The van der Waals surface area contributed by atoms with Crippen LogP contribution in [0.15, 0.2) is 42.5 Å². The van der Waals surface area contributed by atoms with Crippen molar-refractivity contribution in [2.24, 2.45) is 0 Å². The molecule has 0 unspecified atom stereocenters. The molecule has 1 heterocycles. The van der Waals surface area contributed by atoms with Crippen LogP contribution in [0.4, 0.5) is 10.8 Å². The molecule has 0 N–H and O–H groups in total. The molecule has 1 aromatic heterocycles. The van der Waals surface area contributed by atoms with Gasteiger partial charge in [0.05, 0.1) is 15.1 Å². The number of nitro benzene ring substituents is 1. The third kappa shape index (κ3) is 5.88. The Labute approximate surface area is 191 Å². The van der Waals surface area contributed by atoms with E-state index in [4.69, 9.17) is 4.98 Å². The van der Waals surface area contributed by atoms with E-state index in [1.165, 1.54) is 29.5 Å². The minimum Gasteiger partial charge on any atom is -0.308 e. The Morgan fingerprint density at radius 3 is 2.61 bits per heavy atom. The Morgan fingerprint density at radius 2 is 1.94 bits per heavy atom. The third-order valence-corrected chi connectivity index (χ3v) is 5.88. The summed E-state index contributed by atoms with van der Waals surface area (Å²) in [5, 5.41) is 11.6. The topological polar surface area (TPSA) is 79.6 Å². The lowest BCUT2D eigenvalue weighted by Crippen LogP contribution is -2.35. The SMILES string of the molecule is Cc1ccc2sc(N(CCN(C)C)C(=O)C=Cc3cccc([N+](=O)[O-])c3)nc2c1C.Cl. The maximum absolute atomic E-state index is 13.0. The largest absolute Gasteiger partial charge is 0.308 e. The lowest BCUT2D eigenvalue weighted by molar-refractivity contribution is -0.384. The van der Waals surface area contributed by atoms with Crippen LogP contribution in [0.25, 0.3) is 16.3 Å². The minimum absolute atomic E-state index is 0. The molecule has 31 heavy (non-hydrogen) atoms. The van der Waals surface area contributed by atoms with Crippen molar-refractivity contribution < 1.29 is 9.72 Å². The van der Waals surface area contributed by atoms with Gasteiger partial charge in [0.2, 0.25) is 0 Å². The first-order chi connectivity index (χ1) is 14.3. The van der Waals surface area contributed by atoms with Gasteiger partial charge in [-0.15, -0.1) is 12.4 Å². The molecular weight excluding hydrogens is 436 g/mol. The number of non-ortho nitro benzene ring substituents is 1. The normalized spacial score (nSPS) is 11.1. The van der Waals surface area contributed by atoms with Crippen LogP contribution >= 0.6 is 23.7 Å². The molecule has 7 nitrogen and oxygen atoms in total. The van der Waals surface area contributed by atoms with Gasteiger partial charge in [-0.3, -0.25) is 19.8 Å². The molecule has 0 bridgehead atoms. The predicted molar refractivity (Wildman–Crippen MR) is 129 cm³/mol. The number of anilines is 1. The lowest BCUT2D eigenvalue weighted by atomic mass is 10.1. The summed E-state index contributed by atoms with van der Waals surface area (Å²) in [7, 11) is 3.90. The average molecular weight is 461 g/mol. The molecule has 0 saturated heterocycles. The third-order valence-electron chi connectivity index (χ3n) is 4.84. The monoisotopic (exact) mass is 460 g/mol. The average Bonchev–Trinajstić information content (AvgIpc) is 3.14. The number of likely N-dealkylation sites (N-methyl/N-ethyl adjacent to an activating group) is 1. The number of rotatable bonds is 7. The fraction of sp³-hybridized carbons (Fsp3) is 0.273. The van der Waals surface area contributed by atoms with Gasteiger partial charge in [0.1, 0.15) is 0 Å². The van der Waals surface area contributed by atoms with Crippen molar-refractivity contribution in [3.63, 3.8) is 0 Å². The summed E-state index contributed by atoms with van der Waals surface area (Å²) in [6.07, 6.45) is 3.04. The summed E-state index contributed by atoms with van der Waals surface area (Å²) in [4.78, 5) is 32.0. The highest BCUT2D eigenvalue weighted by atomic mass is 35.5. The number of hydrogen-bond donors (Lipinski definition) is 0. The maximum atomic E-state index is 13.0. The molecule has 9 heteroatoms. The molecule has 0 aliphatic rings. The van der Waals surface area contributed by atoms with Gasteiger partial charge in [-0.1, -0.05) is 29.5 Å². The number of carbonyl (C=O) groups is 1. The number of halogens is 1. The Balaban J connectivity index is 0.00000341. The van der Waals surface area contributed by atoms with Gasteiger partial charge in [-0.05, 0) is 56.8 Å². The number of amides is 1. The second-order valence-corrected chi connectivity index (χ2v) is 8.34. The zero-order valence-electron chi connectivity index (χ0n) is 17.9. The van der Waals surface area contributed by atoms with Crippen LogP contribution in [0, 0.1) is 24.0 Å². The van der Waals surface area contributed by atoms with E-state index < -0.39 is 4.92 Å². The standard InChI is InChI=1S/C22H24N4O3S.ClH/c1-15-8-10-19-21(16(15)2)23-22(30-19)25(13-12-24(3)4)20(27)11-9-17-6-5-7-18(14-17)26(28)29;/h5-11,14H,12-13H2,1-4H3;1H. The number of nitrogens with zero attached hydrogens (tertiary/aromatic N) is 4. The second-order valence-electron chi connectivity index (χ2n) is 7.33. The van der Waals surface area contributed by atoms with Gasteiger partial charge in [0, 0.05) is 31.3 Å². The van der Waals surface area contributed by atoms with E-state index in [0.29, 0.717) is 23.8 Å². The lowest BCUT2D eigenvalue weighted by Gasteiger charge is -2.20. The second kappa shape index (κ2) is 10.5. The summed E-state index contributed by atoms with van der Waals surface area (Å²) in [5.41, 5.74) is 3.78. The maximum Gasteiger partial charge on any atom is 0.270 e. The van der Waals surface area contributed by atoms with Crippen LogP contribution in [-0.4, -0.2) is 47.9 Å². The van der Waals surface area contributed by atoms with Crippen molar-refractivity contribution in [2.45, 2.75) is 13.8 Å². The van der Waals surface area contributed by atoms with Gasteiger partial charge in [-0.25, -0.2) is 4.98 Å². The number of benzene rings is 2. The minimum atomic E-state index is -0.450. The summed E-state index contributed by atoms with van der Waals surface area (Å²) >= 11 is 1.49. The Bertz CT molecular complexity index is 1130. The first kappa shape index (κ1) is 24.5. The van der Waals surface area contributed by atoms with Gasteiger partial charge in [-0.2, -0.15) is 0 Å². The van der Waals surface area contributed by atoms with E-state index in [9.17, 15) is 14.9 Å². The zero-order valence-corrected chi connectivity index (χ0v) is 19.5. The summed E-state index contributed by atoms with van der Waals surface area (Å²) in [5.74, 6) is -0.211. The molecule has 3 aromatic rings. The van der Waals surface area contributed by atoms with Crippen LogP contribution in [0.5, 0.6) is 0 Å². The molecule has 1 amide bonds. The molecule has 0 aliphatic carbocycles. The number of aryl methyl sites for hydroxylation is 2. The van der Waals surface area contributed by atoms with Crippen LogP contribution in [0.2, 0.25) is 0 Å². The van der Waals surface area contributed by atoms with Crippen LogP contribution in [-0.2, 0) is 4.79 Å². The molecule has 0 spiro atoms. The van der Waals surface area contributed by atoms with E-state index in [0.717, 1.165) is 21.3 Å². The Kier molecular flexibility index (Phi) is 8.27. The summed E-state index contributed by atoms with van der Waals surface area (Å²) < 4.78 is 1.04. The van der Waals surface area contributed by atoms with Crippen LogP contribution in [0.3, 0.4) is 0 Å². The smallest absolute Gasteiger partial charge is 0.270 e. The predicted octanol–water partition coefficient (Wildman–Crippen LogP) is 4.85. The number of thiazole rings is 1. The van der Waals surface area contributed by atoms with Gasteiger partial charge >= 0.3 is 0 Å². The zero-order chi connectivity index (χ0) is 21.8. The molecule has 164 valence electrons.